The second kappa shape index (κ2) is 8.49. The molecule has 1 unspecified atom stereocenters. The Kier molecular flexibility index (Phi) is 7.74. The molecule has 0 heterocycles. The summed E-state index contributed by atoms with van der Waals surface area (Å²) in [6.07, 6.45) is 0.809. The molecule has 0 rings (SSSR count). The van der Waals surface area contributed by atoms with E-state index in [1.54, 1.807) is 6.92 Å². The van der Waals surface area contributed by atoms with Gasteiger partial charge in [-0.2, -0.15) is 0 Å². The zero-order chi connectivity index (χ0) is 14.1. The lowest BCUT2D eigenvalue weighted by molar-refractivity contribution is -0.147. The molecule has 0 aromatic heterocycles. The molecule has 0 aliphatic rings. The lowest BCUT2D eigenvalue weighted by atomic mass is 10.0. The summed E-state index contributed by atoms with van der Waals surface area (Å²) in [6.45, 7) is 3.99. The quantitative estimate of drug-likeness (QED) is 0.655. The highest BCUT2D eigenvalue weighted by Gasteiger charge is 2.20. The number of amides is 1. The summed E-state index contributed by atoms with van der Waals surface area (Å²) in [5.41, 5.74) is 0. The first-order valence-electron chi connectivity index (χ1n) is 5.97. The number of rotatable bonds is 8. The third kappa shape index (κ3) is 6.88. The Morgan fingerprint density at radius 2 is 1.89 bits per heavy atom. The monoisotopic (exact) mass is 259 g/mol. The molecule has 0 saturated carbocycles. The second-order valence-electron chi connectivity index (χ2n) is 4.30. The second-order valence-corrected chi connectivity index (χ2v) is 4.30. The minimum absolute atomic E-state index is 0.0517. The molecule has 0 aromatic carbocycles. The molecule has 0 spiro atoms. The van der Waals surface area contributed by atoms with Crippen LogP contribution in [0.4, 0.5) is 0 Å². The van der Waals surface area contributed by atoms with E-state index in [1.165, 1.54) is 12.0 Å². The zero-order valence-electron chi connectivity index (χ0n) is 11.1. The lowest BCUT2D eigenvalue weighted by Gasteiger charge is -2.22. The SMILES string of the molecule is CCCN(CC(=O)OC)C(=O)CC(C)CC(=O)O. The van der Waals surface area contributed by atoms with Crippen LogP contribution in [0.3, 0.4) is 0 Å². The predicted molar refractivity (Wildman–Crippen MR) is 64.9 cm³/mol. The molecule has 1 atom stereocenters. The third-order valence-electron chi connectivity index (χ3n) is 2.44. The minimum Gasteiger partial charge on any atom is -0.481 e. The molecule has 6 heteroatoms. The fourth-order valence-corrected chi connectivity index (χ4v) is 1.58. The first-order chi connectivity index (χ1) is 8.40. The highest BCUT2D eigenvalue weighted by atomic mass is 16.5. The summed E-state index contributed by atoms with van der Waals surface area (Å²) in [5.74, 6) is -1.85. The summed E-state index contributed by atoms with van der Waals surface area (Å²) in [6, 6.07) is 0. The Balaban J connectivity index is 4.37. The van der Waals surface area contributed by atoms with E-state index in [2.05, 4.69) is 4.74 Å². The molecule has 0 aliphatic heterocycles. The number of carboxylic acid groups (broad SMARTS) is 1. The standard InChI is InChI=1S/C12H21NO5/c1-4-5-13(8-12(17)18-3)10(14)6-9(2)7-11(15)16/h9H,4-8H2,1-3H3,(H,15,16). The van der Waals surface area contributed by atoms with Gasteiger partial charge in [0.15, 0.2) is 0 Å². The fourth-order valence-electron chi connectivity index (χ4n) is 1.58. The molecule has 6 nitrogen and oxygen atoms in total. The van der Waals surface area contributed by atoms with E-state index < -0.39 is 11.9 Å². The van der Waals surface area contributed by atoms with Crippen molar-refractivity contribution in [3.63, 3.8) is 0 Å². The van der Waals surface area contributed by atoms with Gasteiger partial charge in [0.1, 0.15) is 6.54 Å². The predicted octanol–water partition coefficient (Wildman–Crippen LogP) is 0.899. The van der Waals surface area contributed by atoms with Crippen LogP contribution in [0.15, 0.2) is 0 Å². The Morgan fingerprint density at radius 3 is 2.33 bits per heavy atom. The van der Waals surface area contributed by atoms with Crippen LogP contribution in [-0.2, 0) is 19.1 Å². The number of nitrogens with zero attached hydrogens (tertiary/aromatic N) is 1. The Bertz CT molecular complexity index is 303. The molecule has 18 heavy (non-hydrogen) atoms. The van der Waals surface area contributed by atoms with Gasteiger partial charge in [0.05, 0.1) is 7.11 Å². The van der Waals surface area contributed by atoms with Crippen molar-refractivity contribution in [1.82, 2.24) is 4.90 Å². The smallest absolute Gasteiger partial charge is 0.325 e. The molecule has 1 N–H and O–H groups in total. The maximum absolute atomic E-state index is 11.9. The van der Waals surface area contributed by atoms with Gasteiger partial charge < -0.3 is 14.7 Å². The Morgan fingerprint density at radius 1 is 1.28 bits per heavy atom. The van der Waals surface area contributed by atoms with E-state index in [9.17, 15) is 14.4 Å². The highest BCUT2D eigenvalue weighted by molar-refractivity contribution is 5.82. The summed E-state index contributed by atoms with van der Waals surface area (Å²) in [4.78, 5) is 35.0. The van der Waals surface area contributed by atoms with E-state index in [0.29, 0.717) is 6.54 Å². The van der Waals surface area contributed by atoms with Crippen LogP contribution in [-0.4, -0.2) is 48.1 Å². The van der Waals surface area contributed by atoms with Crippen molar-refractivity contribution >= 4 is 17.8 Å². The van der Waals surface area contributed by atoms with Gasteiger partial charge in [0.25, 0.3) is 0 Å². The molecule has 0 bridgehead atoms. The van der Waals surface area contributed by atoms with Gasteiger partial charge in [0, 0.05) is 19.4 Å². The van der Waals surface area contributed by atoms with Crippen molar-refractivity contribution < 1.29 is 24.2 Å². The summed E-state index contributed by atoms with van der Waals surface area (Å²) < 4.78 is 4.52. The summed E-state index contributed by atoms with van der Waals surface area (Å²) in [7, 11) is 1.27. The van der Waals surface area contributed by atoms with Crippen LogP contribution in [0.1, 0.15) is 33.1 Å². The zero-order valence-corrected chi connectivity index (χ0v) is 11.1. The van der Waals surface area contributed by atoms with Crippen LogP contribution in [0.5, 0.6) is 0 Å². The number of ether oxygens (including phenoxy) is 1. The van der Waals surface area contributed by atoms with Crippen molar-refractivity contribution in [3.8, 4) is 0 Å². The van der Waals surface area contributed by atoms with Gasteiger partial charge >= 0.3 is 11.9 Å². The molecule has 0 aliphatic carbocycles. The molecule has 0 fully saturated rings. The molecule has 0 radical (unpaired) electrons. The summed E-state index contributed by atoms with van der Waals surface area (Å²) >= 11 is 0. The number of hydrogen-bond donors (Lipinski definition) is 1. The first-order valence-corrected chi connectivity index (χ1v) is 5.97. The van der Waals surface area contributed by atoms with Gasteiger partial charge in [-0.05, 0) is 12.3 Å². The highest BCUT2D eigenvalue weighted by Crippen LogP contribution is 2.10. The molecule has 1 amide bonds. The van der Waals surface area contributed by atoms with Gasteiger partial charge in [-0.3, -0.25) is 14.4 Å². The van der Waals surface area contributed by atoms with Gasteiger partial charge in [-0.25, -0.2) is 0 Å². The van der Waals surface area contributed by atoms with Gasteiger partial charge in [-0.15, -0.1) is 0 Å². The van der Waals surface area contributed by atoms with Crippen molar-refractivity contribution in [2.24, 2.45) is 5.92 Å². The van der Waals surface area contributed by atoms with Crippen LogP contribution in [0, 0.1) is 5.92 Å². The summed E-state index contributed by atoms with van der Waals surface area (Å²) in [5, 5.41) is 8.62. The van der Waals surface area contributed by atoms with E-state index in [0.717, 1.165) is 6.42 Å². The van der Waals surface area contributed by atoms with Gasteiger partial charge in [0.2, 0.25) is 5.91 Å². The van der Waals surface area contributed by atoms with Crippen LogP contribution in [0.2, 0.25) is 0 Å². The first kappa shape index (κ1) is 16.4. The van der Waals surface area contributed by atoms with Crippen LogP contribution >= 0.6 is 0 Å². The van der Waals surface area contributed by atoms with Crippen molar-refractivity contribution in [1.29, 1.82) is 0 Å². The Hall–Kier alpha value is -1.59. The van der Waals surface area contributed by atoms with E-state index in [1.807, 2.05) is 6.92 Å². The minimum atomic E-state index is -0.926. The molecular weight excluding hydrogens is 238 g/mol. The van der Waals surface area contributed by atoms with E-state index in [-0.39, 0.29) is 31.2 Å². The Labute approximate surface area is 107 Å². The number of methoxy groups -OCH3 is 1. The molecule has 0 saturated heterocycles. The lowest BCUT2D eigenvalue weighted by Crippen LogP contribution is -2.37. The van der Waals surface area contributed by atoms with Crippen molar-refractivity contribution in [2.75, 3.05) is 20.2 Å². The maximum atomic E-state index is 11.9. The number of aliphatic carboxylic acids is 1. The molecule has 0 aromatic rings. The average Bonchev–Trinajstić information content (AvgIpc) is 2.26. The molecular formula is C12H21NO5. The number of carboxylic acids is 1. The fraction of sp³-hybridized carbons (Fsp3) is 0.750. The number of carbonyl (C=O) groups excluding carboxylic acids is 2. The largest absolute Gasteiger partial charge is 0.481 e. The molecule has 104 valence electrons. The van der Waals surface area contributed by atoms with E-state index >= 15 is 0 Å². The number of hydrogen-bond acceptors (Lipinski definition) is 4. The normalized spacial score (nSPS) is 11.7. The van der Waals surface area contributed by atoms with Gasteiger partial charge in [-0.1, -0.05) is 13.8 Å². The topological polar surface area (TPSA) is 83.9 Å². The van der Waals surface area contributed by atoms with Crippen LogP contribution < -0.4 is 0 Å². The van der Waals surface area contributed by atoms with Crippen molar-refractivity contribution in [2.45, 2.75) is 33.1 Å². The maximum Gasteiger partial charge on any atom is 0.325 e. The average molecular weight is 259 g/mol. The third-order valence-corrected chi connectivity index (χ3v) is 2.44. The number of carbonyl (C=O) groups is 3. The van der Waals surface area contributed by atoms with E-state index in [4.69, 9.17) is 5.11 Å². The number of esters is 1. The van der Waals surface area contributed by atoms with Crippen molar-refractivity contribution in [3.05, 3.63) is 0 Å². The van der Waals surface area contributed by atoms with Crippen LogP contribution in [0.25, 0.3) is 0 Å².